The highest BCUT2D eigenvalue weighted by molar-refractivity contribution is 7.85. The summed E-state index contributed by atoms with van der Waals surface area (Å²) in [5.41, 5.74) is 1.16. The molecule has 0 N–H and O–H groups in total. The van der Waals surface area contributed by atoms with E-state index >= 15 is 0 Å². The van der Waals surface area contributed by atoms with Crippen LogP contribution in [0.3, 0.4) is 0 Å². The van der Waals surface area contributed by atoms with Crippen LogP contribution in [0.1, 0.15) is 47.0 Å². The third kappa shape index (κ3) is 7.00. The van der Waals surface area contributed by atoms with Gasteiger partial charge in [0.25, 0.3) is 0 Å². The van der Waals surface area contributed by atoms with Crippen molar-refractivity contribution in [1.29, 1.82) is 0 Å². The molecule has 0 aromatic heterocycles. The standard InChI is InChI=1S/C18H32N2O2S/c1-7-8-16(10-9-15(2)3)17(19-23(21)18(4,5)6)20-11-13-22-14-12-20/h7,16H,1-2,8-14H2,3-6H3/b19-17+/t16-,23-/m1/s1. The lowest BCUT2D eigenvalue weighted by Crippen LogP contribution is -2.44. The van der Waals surface area contributed by atoms with Gasteiger partial charge in [-0.2, -0.15) is 4.40 Å². The number of hydrogen-bond donors (Lipinski definition) is 0. The quantitative estimate of drug-likeness (QED) is 0.403. The first-order valence-corrected chi connectivity index (χ1v) is 9.45. The minimum absolute atomic E-state index is 0.230. The number of rotatable bonds is 7. The molecule has 0 spiro atoms. The second kappa shape index (κ2) is 9.38. The van der Waals surface area contributed by atoms with E-state index < -0.39 is 11.0 Å². The molecule has 23 heavy (non-hydrogen) atoms. The van der Waals surface area contributed by atoms with Crippen LogP contribution in [0, 0.1) is 5.92 Å². The first-order valence-electron chi connectivity index (χ1n) is 8.34. The van der Waals surface area contributed by atoms with Crippen molar-refractivity contribution < 1.29 is 8.95 Å². The lowest BCUT2D eigenvalue weighted by molar-refractivity contribution is 0.0659. The monoisotopic (exact) mass is 340 g/mol. The van der Waals surface area contributed by atoms with Crippen molar-refractivity contribution in [3.8, 4) is 0 Å². The summed E-state index contributed by atoms with van der Waals surface area (Å²) >= 11 is 0. The van der Waals surface area contributed by atoms with Gasteiger partial charge < -0.3 is 9.64 Å². The molecule has 0 aromatic rings. The Bertz CT molecular complexity index is 460. The molecular weight excluding hydrogens is 308 g/mol. The van der Waals surface area contributed by atoms with E-state index in [2.05, 4.69) is 22.5 Å². The van der Waals surface area contributed by atoms with Crippen LogP contribution in [-0.2, 0) is 15.7 Å². The molecular formula is C18H32N2O2S. The molecule has 2 atom stereocenters. The van der Waals surface area contributed by atoms with Crippen LogP contribution in [0.4, 0.5) is 0 Å². The third-order valence-corrected chi connectivity index (χ3v) is 5.17. The molecule has 5 heteroatoms. The SMILES string of the molecule is C=CC[C@H](CCC(=C)C)/C(=N\[S@](=O)C(C)(C)C)N1CCOCC1. The lowest BCUT2D eigenvalue weighted by atomic mass is 9.95. The number of nitrogens with zero attached hydrogens (tertiary/aromatic N) is 2. The fraction of sp³-hybridized carbons (Fsp3) is 0.722. The van der Waals surface area contributed by atoms with Gasteiger partial charge in [0.1, 0.15) is 16.8 Å². The van der Waals surface area contributed by atoms with Gasteiger partial charge in [-0.1, -0.05) is 11.6 Å². The largest absolute Gasteiger partial charge is 0.378 e. The highest BCUT2D eigenvalue weighted by atomic mass is 32.2. The van der Waals surface area contributed by atoms with Gasteiger partial charge in [-0.15, -0.1) is 13.2 Å². The maximum Gasteiger partial charge on any atom is 0.146 e. The Morgan fingerprint density at radius 3 is 2.48 bits per heavy atom. The highest BCUT2D eigenvalue weighted by Gasteiger charge is 2.27. The van der Waals surface area contributed by atoms with Crippen molar-refractivity contribution in [2.24, 2.45) is 10.3 Å². The molecule has 1 heterocycles. The molecule has 1 rings (SSSR count). The van der Waals surface area contributed by atoms with E-state index in [0.29, 0.717) is 13.2 Å². The van der Waals surface area contributed by atoms with E-state index in [9.17, 15) is 4.21 Å². The molecule has 0 bridgehead atoms. The molecule has 0 aromatic carbocycles. The number of amidine groups is 1. The number of allylic oxidation sites excluding steroid dienone is 2. The summed E-state index contributed by atoms with van der Waals surface area (Å²) in [6.07, 6.45) is 4.67. The van der Waals surface area contributed by atoms with E-state index in [1.54, 1.807) is 0 Å². The lowest BCUT2D eigenvalue weighted by Gasteiger charge is -2.34. The van der Waals surface area contributed by atoms with Gasteiger partial charge in [0.2, 0.25) is 0 Å². The highest BCUT2D eigenvalue weighted by Crippen LogP contribution is 2.22. The average molecular weight is 341 g/mol. The first-order chi connectivity index (χ1) is 10.8. The van der Waals surface area contributed by atoms with E-state index in [4.69, 9.17) is 4.74 Å². The molecule has 1 aliphatic heterocycles. The smallest absolute Gasteiger partial charge is 0.146 e. The number of ether oxygens (including phenoxy) is 1. The molecule has 132 valence electrons. The minimum atomic E-state index is -1.26. The fourth-order valence-corrected chi connectivity index (χ4v) is 3.09. The van der Waals surface area contributed by atoms with Crippen molar-refractivity contribution in [3.63, 3.8) is 0 Å². The topological polar surface area (TPSA) is 41.9 Å². The molecule has 1 fully saturated rings. The van der Waals surface area contributed by atoms with Gasteiger partial charge in [0, 0.05) is 19.0 Å². The zero-order chi connectivity index (χ0) is 17.5. The Labute approximate surface area is 144 Å². The molecule has 0 unspecified atom stereocenters. The van der Waals surface area contributed by atoms with E-state index in [0.717, 1.165) is 43.8 Å². The Balaban J connectivity index is 3.07. The Morgan fingerprint density at radius 1 is 1.39 bits per heavy atom. The van der Waals surface area contributed by atoms with Gasteiger partial charge in [-0.25, -0.2) is 4.21 Å². The maximum atomic E-state index is 12.6. The number of morpholine rings is 1. The van der Waals surface area contributed by atoms with Gasteiger partial charge in [0.15, 0.2) is 0 Å². The van der Waals surface area contributed by atoms with Gasteiger partial charge in [-0.05, 0) is 47.0 Å². The summed E-state index contributed by atoms with van der Waals surface area (Å²) in [5.74, 6) is 1.18. The first kappa shape index (κ1) is 20.1. The second-order valence-corrected chi connectivity index (χ2v) is 9.03. The van der Waals surface area contributed by atoms with Gasteiger partial charge in [0.05, 0.1) is 18.0 Å². The van der Waals surface area contributed by atoms with Crippen LogP contribution in [-0.4, -0.2) is 46.0 Å². The molecule has 0 aliphatic carbocycles. The van der Waals surface area contributed by atoms with Crippen molar-refractivity contribution in [3.05, 3.63) is 24.8 Å². The van der Waals surface area contributed by atoms with Gasteiger partial charge >= 0.3 is 0 Å². The van der Waals surface area contributed by atoms with Crippen molar-refractivity contribution in [2.45, 2.75) is 51.7 Å². The molecule has 0 saturated carbocycles. The maximum absolute atomic E-state index is 12.6. The molecule has 1 saturated heterocycles. The molecule has 1 aliphatic rings. The van der Waals surface area contributed by atoms with E-state index in [1.807, 2.05) is 33.8 Å². The van der Waals surface area contributed by atoms with E-state index in [1.165, 1.54) is 0 Å². The van der Waals surface area contributed by atoms with Crippen LogP contribution in [0.2, 0.25) is 0 Å². The zero-order valence-corrected chi connectivity index (χ0v) is 16.0. The summed E-state index contributed by atoms with van der Waals surface area (Å²) in [4.78, 5) is 2.24. The summed E-state index contributed by atoms with van der Waals surface area (Å²) in [6, 6.07) is 0. The molecule has 4 nitrogen and oxygen atoms in total. The third-order valence-electron chi connectivity index (χ3n) is 3.77. The van der Waals surface area contributed by atoms with Crippen LogP contribution in [0.5, 0.6) is 0 Å². The van der Waals surface area contributed by atoms with Crippen molar-refractivity contribution in [1.82, 2.24) is 4.90 Å². The molecule has 0 amide bonds. The Hall–Kier alpha value is -0.940. The Kier molecular flexibility index (Phi) is 8.20. The fourth-order valence-electron chi connectivity index (χ4n) is 2.38. The summed E-state index contributed by atoms with van der Waals surface area (Å²) in [5, 5.41) is 0. The molecule has 0 radical (unpaired) electrons. The number of hydrogen-bond acceptors (Lipinski definition) is 2. The predicted molar refractivity (Wildman–Crippen MR) is 100 cm³/mol. The van der Waals surface area contributed by atoms with Crippen LogP contribution in [0.25, 0.3) is 0 Å². The van der Waals surface area contributed by atoms with Crippen LogP contribution >= 0.6 is 0 Å². The second-order valence-electron chi connectivity index (χ2n) is 7.13. The van der Waals surface area contributed by atoms with Crippen molar-refractivity contribution in [2.75, 3.05) is 26.3 Å². The van der Waals surface area contributed by atoms with Crippen LogP contribution < -0.4 is 0 Å². The normalized spacial score (nSPS) is 19.3. The van der Waals surface area contributed by atoms with Crippen LogP contribution in [0.15, 0.2) is 29.2 Å². The predicted octanol–water partition coefficient (Wildman–Crippen LogP) is 3.73. The zero-order valence-electron chi connectivity index (χ0n) is 15.1. The minimum Gasteiger partial charge on any atom is -0.378 e. The summed E-state index contributed by atoms with van der Waals surface area (Å²) in [7, 11) is -1.26. The summed E-state index contributed by atoms with van der Waals surface area (Å²) < 4.78 is 22.3. The van der Waals surface area contributed by atoms with Gasteiger partial charge in [-0.3, -0.25) is 0 Å². The van der Waals surface area contributed by atoms with E-state index in [-0.39, 0.29) is 10.7 Å². The summed E-state index contributed by atoms with van der Waals surface area (Å²) in [6.45, 7) is 18.8. The average Bonchev–Trinajstić information content (AvgIpc) is 2.49. The van der Waals surface area contributed by atoms with Crippen molar-refractivity contribution >= 4 is 16.8 Å². The Morgan fingerprint density at radius 2 is 2.00 bits per heavy atom.